The molecular formula is C21H26FN3O2. The largest absolute Gasteiger partial charge is 0.356 e. The molecule has 1 fully saturated rings. The van der Waals surface area contributed by atoms with Gasteiger partial charge in [-0.05, 0) is 43.5 Å². The van der Waals surface area contributed by atoms with E-state index in [1.807, 2.05) is 25.1 Å². The van der Waals surface area contributed by atoms with Crippen LogP contribution in [-0.2, 0) is 11.3 Å². The maximum Gasteiger partial charge on any atom is 0.237 e. The number of amides is 1. The summed E-state index contributed by atoms with van der Waals surface area (Å²) < 4.78 is 18.5. The first kappa shape index (κ1) is 19.3. The van der Waals surface area contributed by atoms with Crippen LogP contribution in [0.5, 0.6) is 0 Å². The van der Waals surface area contributed by atoms with Gasteiger partial charge in [-0.15, -0.1) is 0 Å². The lowest BCUT2D eigenvalue weighted by Gasteiger charge is -2.38. The first-order valence-corrected chi connectivity index (χ1v) is 9.35. The molecule has 0 unspecified atom stereocenters. The highest BCUT2D eigenvalue weighted by Crippen LogP contribution is 2.24. The van der Waals surface area contributed by atoms with Gasteiger partial charge in [0.2, 0.25) is 5.91 Å². The highest BCUT2D eigenvalue weighted by atomic mass is 19.1. The Morgan fingerprint density at radius 3 is 2.78 bits per heavy atom. The van der Waals surface area contributed by atoms with Gasteiger partial charge in [0.1, 0.15) is 5.82 Å². The van der Waals surface area contributed by atoms with Crippen LogP contribution >= 0.6 is 0 Å². The minimum absolute atomic E-state index is 0.00520. The molecule has 1 aliphatic heterocycles. The van der Waals surface area contributed by atoms with Crippen LogP contribution < -0.4 is 5.32 Å². The lowest BCUT2D eigenvalue weighted by molar-refractivity contribution is -0.131. The van der Waals surface area contributed by atoms with Crippen molar-refractivity contribution in [2.75, 3.05) is 6.54 Å². The lowest BCUT2D eigenvalue weighted by Crippen LogP contribution is -2.59. The monoisotopic (exact) mass is 371 g/mol. The van der Waals surface area contributed by atoms with Crippen molar-refractivity contribution in [1.29, 1.82) is 0 Å². The van der Waals surface area contributed by atoms with Gasteiger partial charge in [0.25, 0.3) is 0 Å². The Kier molecular flexibility index (Phi) is 6.06. The first-order chi connectivity index (χ1) is 13.0. The van der Waals surface area contributed by atoms with Crippen LogP contribution in [0.25, 0.3) is 11.3 Å². The van der Waals surface area contributed by atoms with Crippen molar-refractivity contribution >= 4 is 5.91 Å². The number of hydrogen-bond acceptors (Lipinski definition) is 4. The number of carbonyl (C=O) groups is 1. The molecule has 1 amide bonds. The molecule has 1 aromatic heterocycles. The SMILES string of the molecule is C/C=C/[C@H]1CN(Cc2cc(-c3ccc(F)cc3)on2)[C@@H](CC(C)C)C(=O)N1. The lowest BCUT2D eigenvalue weighted by atomic mass is 9.98. The number of carbonyl (C=O) groups excluding carboxylic acids is 1. The van der Waals surface area contributed by atoms with Crippen LogP contribution in [0.3, 0.4) is 0 Å². The van der Waals surface area contributed by atoms with Gasteiger partial charge in [-0.3, -0.25) is 9.69 Å². The normalized spacial score (nSPS) is 21.1. The van der Waals surface area contributed by atoms with Gasteiger partial charge in [0.05, 0.1) is 17.8 Å². The molecule has 1 N–H and O–H groups in total. The molecule has 2 atom stereocenters. The molecule has 0 aliphatic carbocycles. The van der Waals surface area contributed by atoms with Crippen LogP contribution in [0.1, 0.15) is 32.9 Å². The summed E-state index contributed by atoms with van der Waals surface area (Å²) in [6, 6.07) is 7.79. The number of hydrogen-bond donors (Lipinski definition) is 1. The standard InChI is InChI=1S/C21H26FN3O2/c1-4-5-17-12-25(19(10-14(2)3)21(26)23-17)13-18-11-20(27-24-18)15-6-8-16(22)9-7-15/h4-9,11,14,17,19H,10,12-13H2,1-3H3,(H,23,26)/b5-4+/t17-,19-/m0/s1. The first-order valence-electron chi connectivity index (χ1n) is 9.35. The van der Waals surface area contributed by atoms with Crippen molar-refractivity contribution < 1.29 is 13.7 Å². The van der Waals surface area contributed by atoms with Gasteiger partial charge < -0.3 is 9.84 Å². The van der Waals surface area contributed by atoms with Crippen molar-refractivity contribution in [1.82, 2.24) is 15.4 Å². The number of nitrogens with one attached hydrogen (secondary N) is 1. The smallest absolute Gasteiger partial charge is 0.237 e. The van der Waals surface area contributed by atoms with E-state index in [9.17, 15) is 9.18 Å². The number of benzene rings is 1. The van der Waals surface area contributed by atoms with Gasteiger partial charge in [-0.2, -0.15) is 0 Å². The summed E-state index contributed by atoms with van der Waals surface area (Å²) in [6.45, 7) is 7.44. The summed E-state index contributed by atoms with van der Waals surface area (Å²) in [5.74, 6) is 0.773. The summed E-state index contributed by atoms with van der Waals surface area (Å²) >= 11 is 0. The van der Waals surface area contributed by atoms with E-state index in [-0.39, 0.29) is 23.8 Å². The van der Waals surface area contributed by atoms with Crippen molar-refractivity contribution in [2.24, 2.45) is 5.92 Å². The predicted octanol–water partition coefficient (Wildman–Crippen LogP) is 3.77. The molecule has 144 valence electrons. The van der Waals surface area contributed by atoms with E-state index >= 15 is 0 Å². The predicted molar refractivity (Wildman–Crippen MR) is 102 cm³/mol. The molecule has 0 bridgehead atoms. The van der Waals surface area contributed by atoms with E-state index in [0.29, 0.717) is 18.2 Å². The summed E-state index contributed by atoms with van der Waals surface area (Å²) in [6.07, 6.45) is 4.74. The Morgan fingerprint density at radius 1 is 1.37 bits per heavy atom. The molecular weight excluding hydrogens is 345 g/mol. The minimum Gasteiger partial charge on any atom is -0.356 e. The van der Waals surface area contributed by atoms with Crippen molar-refractivity contribution in [3.63, 3.8) is 0 Å². The molecule has 6 heteroatoms. The molecule has 0 saturated carbocycles. The van der Waals surface area contributed by atoms with Crippen molar-refractivity contribution in [3.8, 4) is 11.3 Å². The summed E-state index contributed by atoms with van der Waals surface area (Å²) in [7, 11) is 0. The van der Waals surface area contributed by atoms with E-state index in [4.69, 9.17) is 4.52 Å². The average Bonchev–Trinajstić information content (AvgIpc) is 3.07. The van der Waals surface area contributed by atoms with Crippen LogP contribution in [0.2, 0.25) is 0 Å². The number of aromatic nitrogens is 1. The molecule has 0 radical (unpaired) electrons. The van der Waals surface area contributed by atoms with E-state index in [0.717, 1.165) is 24.2 Å². The van der Waals surface area contributed by atoms with Gasteiger partial charge >= 0.3 is 0 Å². The van der Waals surface area contributed by atoms with Gasteiger partial charge in [0.15, 0.2) is 5.76 Å². The number of rotatable bonds is 6. The second-order valence-corrected chi connectivity index (χ2v) is 7.41. The Morgan fingerprint density at radius 2 is 2.11 bits per heavy atom. The number of halogens is 1. The van der Waals surface area contributed by atoms with Crippen molar-refractivity contribution in [3.05, 3.63) is 54.0 Å². The van der Waals surface area contributed by atoms with Crippen LogP contribution in [0.15, 0.2) is 47.0 Å². The van der Waals surface area contributed by atoms with E-state index in [1.165, 1.54) is 12.1 Å². The summed E-state index contributed by atoms with van der Waals surface area (Å²) in [5, 5.41) is 7.24. The molecule has 3 rings (SSSR count). The topological polar surface area (TPSA) is 58.4 Å². The fourth-order valence-corrected chi connectivity index (χ4v) is 3.43. The van der Waals surface area contributed by atoms with Gasteiger partial charge in [-0.25, -0.2) is 4.39 Å². The Bertz CT molecular complexity index is 798. The van der Waals surface area contributed by atoms with Crippen molar-refractivity contribution in [2.45, 2.75) is 45.8 Å². The molecule has 2 heterocycles. The fourth-order valence-electron chi connectivity index (χ4n) is 3.43. The molecule has 1 aromatic carbocycles. The third-order valence-electron chi connectivity index (χ3n) is 4.67. The van der Waals surface area contributed by atoms with Gasteiger partial charge in [0, 0.05) is 24.7 Å². The number of allylic oxidation sites excluding steroid dienone is 1. The summed E-state index contributed by atoms with van der Waals surface area (Å²) in [4.78, 5) is 14.8. The third kappa shape index (κ3) is 4.83. The highest BCUT2D eigenvalue weighted by molar-refractivity contribution is 5.83. The Labute approximate surface area is 159 Å². The van der Waals surface area contributed by atoms with Crippen LogP contribution in [-0.4, -0.2) is 34.6 Å². The maximum atomic E-state index is 13.1. The second-order valence-electron chi connectivity index (χ2n) is 7.41. The Hall–Kier alpha value is -2.47. The molecule has 27 heavy (non-hydrogen) atoms. The molecule has 0 spiro atoms. The van der Waals surface area contributed by atoms with Crippen LogP contribution in [0, 0.1) is 11.7 Å². The van der Waals surface area contributed by atoms with E-state index < -0.39 is 0 Å². The maximum absolute atomic E-state index is 13.1. The van der Waals surface area contributed by atoms with Gasteiger partial charge in [-0.1, -0.05) is 31.2 Å². The minimum atomic E-state index is -0.288. The Balaban J connectivity index is 1.78. The molecule has 2 aromatic rings. The van der Waals surface area contributed by atoms with E-state index in [1.54, 1.807) is 12.1 Å². The molecule has 1 aliphatic rings. The molecule has 1 saturated heterocycles. The quantitative estimate of drug-likeness (QED) is 0.786. The number of nitrogens with zero attached hydrogens (tertiary/aromatic N) is 2. The summed E-state index contributed by atoms with van der Waals surface area (Å²) in [5.41, 5.74) is 1.54. The highest BCUT2D eigenvalue weighted by Gasteiger charge is 2.34. The zero-order chi connectivity index (χ0) is 19.4. The molecule has 5 nitrogen and oxygen atoms in total. The third-order valence-corrected chi connectivity index (χ3v) is 4.67. The number of piperazine rings is 1. The van der Waals surface area contributed by atoms with Crippen LogP contribution in [0.4, 0.5) is 4.39 Å². The second kappa shape index (κ2) is 8.48. The zero-order valence-electron chi connectivity index (χ0n) is 16.0. The van der Waals surface area contributed by atoms with E-state index in [2.05, 4.69) is 29.2 Å². The average molecular weight is 371 g/mol. The fraction of sp³-hybridized carbons (Fsp3) is 0.429. The zero-order valence-corrected chi connectivity index (χ0v) is 16.0.